The smallest absolute Gasteiger partial charge is 0.251 e. The maximum Gasteiger partial charge on any atom is 0.251 e. The summed E-state index contributed by atoms with van der Waals surface area (Å²) in [5, 5.41) is 2.98. The predicted molar refractivity (Wildman–Crippen MR) is 95.3 cm³/mol. The van der Waals surface area contributed by atoms with Crippen LogP contribution in [0.4, 0.5) is 5.69 Å². The van der Waals surface area contributed by atoms with E-state index in [0.717, 1.165) is 24.7 Å². The van der Waals surface area contributed by atoms with Gasteiger partial charge in [-0.3, -0.25) is 9.52 Å². The van der Waals surface area contributed by atoms with Crippen molar-refractivity contribution in [2.45, 2.75) is 46.5 Å². The summed E-state index contributed by atoms with van der Waals surface area (Å²) in [5.74, 6) is 0.389. The van der Waals surface area contributed by atoms with E-state index in [0.29, 0.717) is 23.7 Å². The summed E-state index contributed by atoms with van der Waals surface area (Å²) in [6.45, 7) is 6.76. The van der Waals surface area contributed by atoms with Crippen LogP contribution in [-0.2, 0) is 10.0 Å². The molecule has 1 aromatic rings. The van der Waals surface area contributed by atoms with Gasteiger partial charge < -0.3 is 5.32 Å². The maximum atomic E-state index is 12.2. The Morgan fingerprint density at radius 1 is 1.26 bits per heavy atom. The number of hydrogen-bond donors (Lipinski definition) is 2. The summed E-state index contributed by atoms with van der Waals surface area (Å²) >= 11 is 0. The zero-order valence-corrected chi connectivity index (χ0v) is 15.3. The number of rotatable bonds is 9. The first-order valence-electron chi connectivity index (χ1n) is 8.13. The Bertz CT molecular complexity index is 627. The van der Waals surface area contributed by atoms with Crippen LogP contribution in [-0.4, -0.2) is 27.1 Å². The molecular formula is C17H28N2O3S. The molecule has 0 spiro atoms. The molecule has 1 rings (SSSR count). The molecule has 0 aliphatic rings. The van der Waals surface area contributed by atoms with Crippen molar-refractivity contribution >= 4 is 21.6 Å². The van der Waals surface area contributed by atoms with Gasteiger partial charge in [0.1, 0.15) is 0 Å². The van der Waals surface area contributed by atoms with Crippen LogP contribution in [0.3, 0.4) is 0 Å². The lowest BCUT2D eigenvalue weighted by Crippen LogP contribution is -2.29. The lowest BCUT2D eigenvalue weighted by molar-refractivity contribution is 0.0945. The van der Waals surface area contributed by atoms with Crippen molar-refractivity contribution < 1.29 is 13.2 Å². The lowest BCUT2D eigenvalue weighted by atomic mass is 9.99. The van der Waals surface area contributed by atoms with Gasteiger partial charge in [-0.05, 0) is 43.0 Å². The van der Waals surface area contributed by atoms with Crippen LogP contribution in [0.25, 0.3) is 0 Å². The van der Waals surface area contributed by atoms with E-state index in [1.54, 1.807) is 25.1 Å². The van der Waals surface area contributed by atoms with Gasteiger partial charge in [-0.1, -0.05) is 33.1 Å². The average molecular weight is 340 g/mol. The minimum atomic E-state index is -3.32. The number of hydrogen-bond acceptors (Lipinski definition) is 3. The van der Waals surface area contributed by atoms with Gasteiger partial charge in [-0.15, -0.1) is 0 Å². The average Bonchev–Trinajstić information content (AvgIpc) is 2.48. The fraction of sp³-hybridized carbons (Fsp3) is 0.588. The molecule has 1 unspecified atom stereocenters. The molecule has 0 aliphatic carbocycles. The van der Waals surface area contributed by atoms with Crippen LogP contribution >= 0.6 is 0 Å². The Morgan fingerprint density at radius 3 is 2.48 bits per heavy atom. The SMILES string of the molecule is CCCCC(CC)CNC(=O)c1ccc(NS(C)(=O)=O)c(C)c1. The minimum Gasteiger partial charge on any atom is -0.352 e. The molecule has 2 N–H and O–H groups in total. The summed E-state index contributed by atoms with van der Waals surface area (Å²) < 4.78 is 25.0. The van der Waals surface area contributed by atoms with Crippen molar-refractivity contribution in [3.63, 3.8) is 0 Å². The first-order chi connectivity index (χ1) is 10.8. The summed E-state index contributed by atoms with van der Waals surface area (Å²) in [7, 11) is -3.32. The van der Waals surface area contributed by atoms with Crippen molar-refractivity contribution in [2.75, 3.05) is 17.5 Å². The fourth-order valence-electron chi connectivity index (χ4n) is 2.40. The number of nitrogens with one attached hydrogen (secondary N) is 2. The number of sulfonamides is 1. The normalized spacial score (nSPS) is 12.7. The molecule has 0 radical (unpaired) electrons. The quantitative estimate of drug-likeness (QED) is 0.724. The van der Waals surface area contributed by atoms with Crippen molar-refractivity contribution in [1.82, 2.24) is 5.32 Å². The Hall–Kier alpha value is -1.56. The topological polar surface area (TPSA) is 75.3 Å². The number of anilines is 1. The van der Waals surface area contributed by atoms with Crippen molar-refractivity contribution in [1.29, 1.82) is 0 Å². The first kappa shape index (κ1) is 19.5. The molecule has 0 bridgehead atoms. The summed E-state index contributed by atoms with van der Waals surface area (Å²) in [4.78, 5) is 12.2. The molecule has 0 aliphatic heterocycles. The van der Waals surface area contributed by atoms with Crippen molar-refractivity contribution in [3.8, 4) is 0 Å². The van der Waals surface area contributed by atoms with Gasteiger partial charge in [0, 0.05) is 12.1 Å². The highest BCUT2D eigenvalue weighted by atomic mass is 32.2. The second-order valence-corrected chi connectivity index (χ2v) is 7.78. The minimum absolute atomic E-state index is 0.117. The number of aryl methyl sites for hydroxylation is 1. The fourth-order valence-corrected chi connectivity index (χ4v) is 3.03. The Kier molecular flexibility index (Phi) is 7.55. The molecule has 0 saturated heterocycles. The molecule has 1 aromatic carbocycles. The van der Waals surface area contributed by atoms with Crippen LogP contribution in [0, 0.1) is 12.8 Å². The van der Waals surface area contributed by atoms with Gasteiger partial charge in [-0.25, -0.2) is 8.42 Å². The van der Waals surface area contributed by atoms with Crippen LogP contribution in [0.15, 0.2) is 18.2 Å². The third kappa shape index (κ3) is 7.03. The van der Waals surface area contributed by atoms with Gasteiger partial charge >= 0.3 is 0 Å². The first-order valence-corrected chi connectivity index (χ1v) is 10.0. The molecule has 23 heavy (non-hydrogen) atoms. The number of carbonyl (C=O) groups excluding carboxylic acids is 1. The van der Waals surface area contributed by atoms with E-state index in [1.807, 2.05) is 0 Å². The third-order valence-corrected chi connectivity index (χ3v) is 4.47. The Morgan fingerprint density at radius 2 is 1.96 bits per heavy atom. The molecule has 1 amide bonds. The molecule has 1 atom stereocenters. The second kappa shape index (κ2) is 8.91. The van der Waals surface area contributed by atoms with E-state index in [2.05, 4.69) is 23.9 Å². The van der Waals surface area contributed by atoms with Crippen molar-refractivity contribution in [2.24, 2.45) is 5.92 Å². The van der Waals surface area contributed by atoms with Gasteiger partial charge in [-0.2, -0.15) is 0 Å². The van der Waals surface area contributed by atoms with E-state index in [-0.39, 0.29) is 5.91 Å². The molecule has 130 valence electrons. The lowest BCUT2D eigenvalue weighted by Gasteiger charge is -2.16. The second-order valence-electron chi connectivity index (χ2n) is 6.03. The highest BCUT2D eigenvalue weighted by Gasteiger charge is 2.12. The standard InChI is InChI=1S/C17H28N2O3S/c1-5-7-8-14(6-2)12-18-17(20)15-9-10-16(13(3)11-15)19-23(4,21)22/h9-11,14,19H,5-8,12H2,1-4H3,(H,18,20). The van der Waals surface area contributed by atoms with Gasteiger partial charge in [0.05, 0.1) is 11.9 Å². The third-order valence-electron chi connectivity index (χ3n) is 3.88. The molecule has 0 saturated carbocycles. The van der Waals surface area contributed by atoms with Crippen LogP contribution in [0.5, 0.6) is 0 Å². The van der Waals surface area contributed by atoms with E-state index in [1.165, 1.54) is 12.8 Å². The van der Waals surface area contributed by atoms with Crippen LogP contribution in [0.1, 0.15) is 55.5 Å². The molecule has 6 heteroatoms. The number of amides is 1. The van der Waals surface area contributed by atoms with E-state index in [9.17, 15) is 13.2 Å². The Balaban J connectivity index is 2.68. The van der Waals surface area contributed by atoms with E-state index >= 15 is 0 Å². The van der Waals surface area contributed by atoms with Gasteiger partial charge in [0.15, 0.2) is 0 Å². The molecule has 0 fully saturated rings. The number of unbranched alkanes of at least 4 members (excludes halogenated alkanes) is 1. The molecule has 0 aromatic heterocycles. The van der Waals surface area contributed by atoms with Crippen LogP contribution in [0.2, 0.25) is 0 Å². The monoisotopic (exact) mass is 340 g/mol. The molecule has 5 nitrogen and oxygen atoms in total. The largest absolute Gasteiger partial charge is 0.352 e. The zero-order valence-electron chi connectivity index (χ0n) is 14.5. The van der Waals surface area contributed by atoms with Gasteiger partial charge in [0.25, 0.3) is 5.91 Å². The highest BCUT2D eigenvalue weighted by molar-refractivity contribution is 7.92. The summed E-state index contributed by atoms with van der Waals surface area (Å²) in [5.41, 5.74) is 1.77. The van der Waals surface area contributed by atoms with Crippen molar-refractivity contribution in [3.05, 3.63) is 29.3 Å². The summed E-state index contributed by atoms with van der Waals surface area (Å²) in [6, 6.07) is 4.97. The van der Waals surface area contributed by atoms with Crippen LogP contribution < -0.4 is 10.0 Å². The van der Waals surface area contributed by atoms with Gasteiger partial charge in [0.2, 0.25) is 10.0 Å². The summed E-state index contributed by atoms with van der Waals surface area (Å²) in [6.07, 6.45) is 5.63. The predicted octanol–water partition coefficient (Wildman–Crippen LogP) is 3.31. The van der Waals surface area contributed by atoms with E-state index < -0.39 is 10.0 Å². The number of carbonyl (C=O) groups is 1. The maximum absolute atomic E-state index is 12.2. The Labute approximate surface area is 139 Å². The zero-order chi connectivity index (χ0) is 17.5. The molecule has 0 heterocycles. The molecular weight excluding hydrogens is 312 g/mol. The number of benzene rings is 1. The van der Waals surface area contributed by atoms with E-state index in [4.69, 9.17) is 0 Å². The highest BCUT2D eigenvalue weighted by Crippen LogP contribution is 2.18.